The number of amides is 1. The fourth-order valence-electron chi connectivity index (χ4n) is 2.95. The molecule has 126 valence electrons. The molecule has 1 aromatic carbocycles. The van der Waals surface area contributed by atoms with E-state index in [1.54, 1.807) is 23.4 Å². The number of benzene rings is 1. The smallest absolute Gasteiger partial charge is 0.407 e. The van der Waals surface area contributed by atoms with Crippen LogP contribution in [0.2, 0.25) is 0 Å². The number of anilines is 1. The van der Waals surface area contributed by atoms with Crippen molar-refractivity contribution in [3.8, 4) is 11.8 Å². The SMILES string of the molecule is CN(C)/C=N\c1cc2c(cc1C#N)N1CCN(C(=O)O)[C@H](CO2)C1. The third-order valence-electron chi connectivity index (χ3n) is 4.13. The Hall–Kier alpha value is -2.95. The van der Waals surface area contributed by atoms with Crippen LogP contribution in [0.5, 0.6) is 5.75 Å². The maximum Gasteiger partial charge on any atom is 0.407 e. The van der Waals surface area contributed by atoms with E-state index in [0.29, 0.717) is 43.2 Å². The maximum atomic E-state index is 11.3. The van der Waals surface area contributed by atoms with Crippen LogP contribution in [0, 0.1) is 11.3 Å². The summed E-state index contributed by atoms with van der Waals surface area (Å²) in [5, 5.41) is 18.7. The van der Waals surface area contributed by atoms with Crippen LogP contribution in [0.25, 0.3) is 0 Å². The van der Waals surface area contributed by atoms with E-state index in [-0.39, 0.29) is 6.04 Å². The number of rotatable bonds is 2. The zero-order chi connectivity index (χ0) is 17.3. The van der Waals surface area contributed by atoms with Gasteiger partial charge < -0.3 is 19.6 Å². The number of hydrogen-bond acceptors (Lipinski definition) is 5. The number of ether oxygens (including phenoxy) is 1. The molecular weight excluding hydrogens is 310 g/mol. The molecule has 24 heavy (non-hydrogen) atoms. The van der Waals surface area contributed by atoms with E-state index in [1.807, 2.05) is 14.1 Å². The average Bonchev–Trinajstić information content (AvgIpc) is 2.69. The summed E-state index contributed by atoms with van der Waals surface area (Å²) < 4.78 is 5.85. The Bertz CT molecular complexity index is 725. The third-order valence-corrected chi connectivity index (χ3v) is 4.13. The first kappa shape index (κ1) is 15.9. The van der Waals surface area contributed by atoms with Crippen molar-refractivity contribution in [1.82, 2.24) is 9.80 Å². The van der Waals surface area contributed by atoms with Crippen LogP contribution in [0.1, 0.15) is 5.56 Å². The zero-order valence-electron chi connectivity index (χ0n) is 13.6. The molecule has 0 radical (unpaired) electrons. The molecule has 1 atom stereocenters. The molecule has 1 fully saturated rings. The van der Waals surface area contributed by atoms with Crippen molar-refractivity contribution in [3.63, 3.8) is 0 Å². The Morgan fingerprint density at radius 2 is 2.29 bits per heavy atom. The van der Waals surface area contributed by atoms with Crippen LogP contribution in [-0.4, -0.2) is 73.7 Å². The minimum atomic E-state index is -0.928. The Labute approximate surface area is 140 Å². The third kappa shape index (κ3) is 2.93. The summed E-state index contributed by atoms with van der Waals surface area (Å²) in [5.41, 5.74) is 1.83. The van der Waals surface area contributed by atoms with Crippen molar-refractivity contribution < 1.29 is 14.6 Å². The number of piperazine rings is 1. The van der Waals surface area contributed by atoms with Crippen LogP contribution in [0.15, 0.2) is 17.1 Å². The lowest BCUT2D eigenvalue weighted by atomic mass is 10.1. The molecule has 1 N–H and O–H groups in total. The number of fused-ring (bicyclic) bond motifs is 4. The molecule has 3 rings (SSSR count). The predicted octanol–water partition coefficient (Wildman–Crippen LogP) is 1.34. The number of carboxylic acid groups (broad SMARTS) is 1. The summed E-state index contributed by atoms with van der Waals surface area (Å²) in [7, 11) is 3.70. The van der Waals surface area contributed by atoms with Gasteiger partial charge in [-0.2, -0.15) is 5.26 Å². The van der Waals surface area contributed by atoms with E-state index in [1.165, 1.54) is 4.90 Å². The number of hydrogen-bond donors (Lipinski definition) is 1. The van der Waals surface area contributed by atoms with Crippen molar-refractivity contribution in [2.24, 2.45) is 4.99 Å². The summed E-state index contributed by atoms with van der Waals surface area (Å²) in [6, 6.07) is 5.48. The first-order valence-electron chi connectivity index (χ1n) is 7.65. The minimum absolute atomic E-state index is 0.220. The van der Waals surface area contributed by atoms with Gasteiger partial charge in [-0.05, 0) is 6.07 Å². The largest absolute Gasteiger partial charge is 0.489 e. The molecule has 0 unspecified atom stereocenters. The summed E-state index contributed by atoms with van der Waals surface area (Å²) >= 11 is 0. The zero-order valence-corrected chi connectivity index (χ0v) is 13.6. The van der Waals surface area contributed by atoms with Gasteiger partial charge in [-0.3, -0.25) is 4.90 Å². The van der Waals surface area contributed by atoms with Gasteiger partial charge in [0.15, 0.2) is 0 Å². The van der Waals surface area contributed by atoms with Crippen molar-refractivity contribution >= 4 is 23.8 Å². The molecule has 2 bridgehead atoms. The summed E-state index contributed by atoms with van der Waals surface area (Å²) in [6.45, 7) is 1.85. The number of nitrogens with zero attached hydrogens (tertiary/aromatic N) is 5. The molecule has 8 heteroatoms. The van der Waals surface area contributed by atoms with E-state index in [9.17, 15) is 15.2 Å². The summed E-state index contributed by atoms with van der Waals surface area (Å²) in [6.07, 6.45) is 0.701. The Morgan fingerprint density at radius 1 is 1.50 bits per heavy atom. The molecule has 2 aliphatic rings. The molecule has 1 saturated heterocycles. The van der Waals surface area contributed by atoms with Gasteiger partial charge >= 0.3 is 6.09 Å². The fraction of sp³-hybridized carbons (Fsp3) is 0.438. The van der Waals surface area contributed by atoms with Crippen LogP contribution < -0.4 is 9.64 Å². The molecule has 2 heterocycles. The van der Waals surface area contributed by atoms with Crippen molar-refractivity contribution in [2.45, 2.75) is 6.04 Å². The Kier molecular flexibility index (Phi) is 4.16. The van der Waals surface area contributed by atoms with Crippen LogP contribution in [-0.2, 0) is 0 Å². The highest BCUT2D eigenvalue weighted by molar-refractivity contribution is 5.74. The topological polar surface area (TPSA) is 92.4 Å². The van der Waals surface area contributed by atoms with E-state index >= 15 is 0 Å². The number of carbonyl (C=O) groups is 1. The molecule has 0 aliphatic carbocycles. The molecule has 0 saturated carbocycles. The maximum absolute atomic E-state index is 11.3. The molecule has 0 aromatic heterocycles. The van der Waals surface area contributed by atoms with E-state index < -0.39 is 6.09 Å². The molecule has 2 aliphatic heterocycles. The monoisotopic (exact) mass is 329 g/mol. The van der Waals surface area contributed by atoms with Gasteiger partial charge in [0, 0.05) is 39.8 Å². The van der Waals surface area contributed by atoms with Crippen LogP contribution in [0.3, 0.4) is 0 Å². The predicted molar refractivity (Wildman–Crippen MR) is 89.2 cm³/mol. The highest BCUT2D eigenvalue weighted by Crippen LogP contribution is 2.38. The van der Waals surface area contributed by atoms with Gasteiger partial charge in [0.1, 0.15) is 18.4 Å². The lowest BCUT2D eigenvalue weighted by Crippen LogP contribution is -2.56. The highest BCUT2D eigenvalue weighted by Gasteiger charge is 2.34. The average molecular weight is 329 g/mol. The van der Waals surface area contributed by atoms with Gasteiger partial charge in [-0.25, -0.2) is 9.79 Å². The summed E-state index contributed by atoms with van der Waals surface area (Å²) in [5.74, 6) is 0.634. The number of aliphatic imine (C=N–C) groups is 1. The van der Waals surface area contributed by atoms with Gasteiger partial charge in [-0.1, -0.05) is 0 Å². The lowest BCUT2D eigenvalue weighted by Gasteiger charge is -2.38. The second-order valence-corrected chi connectivity index (χ2v) is 6.04. The van der Waals surface area contributed by atoms with Crippen molar-refractivity contribution in [2.75, 3.05) is 45.2 Å². The van der Waals surface area contributed by atoms with Crippen LogP contribution >= 0.6 is 0 Å². The first-order valence-corrected chi connectivity index (χ1v) is 7.65. The standard InChI is InChI=1S/C16H19N5O3/c1-19(2)10-18-13-6-15-14(5-11(13)7-17)20-3-4-21(16(22)23)12(8-20)9-24-15/h5-6,10,12H,3-4,8-9H2,1-2H3,(H,22,23)/b18-10-/t12-/m0/s1. The number of nitriles is 1. The molecule has 1 amide bonds. The van der Waals surface area contributed by atoms with Crippen LogP contribution in [0.4, 0.5) is 16.2 Å². The molecule has 8 nitrogen and oxygen atoms in total. The Balaban J connectivity index is 1.97. The van der Waals surface area contributed by atoms with E-state index in [2.05, 4.69) is 16.0 Å². The van der Waals surface area contributed by atoms with Gasteiger partial charge in [0.2, 0.25) is 0 Å². The van der Waals surface area contributed by atoms with Gasteiger partial charge in [0.05, 0.1) is 29.3 Å². The summed E-state index contributed by atoms with van der Waals surface area (Å²) in [4.78, 5) is 20.9. The normalized spacial score (nSPS) is 19.3. The highest BCUT2D eigenvalue weighted by atomic mass is 16.5. The van der Waals surface area contributed by atoms with E-state index in [4.69, 9.17) is 4.74 Å². The lowest BCUT2D eigenvalue weighted by molar-refractivity contribution is 0.101. The van der Waals surface area contributed by atoms with Gasteiger partial charge in [-0.15, -0.1) is 0 Å². The van der Waals surface area contributed by atoms with Gasteiger partial charge in [0.25, 0.3) is 0 Å². The molecule has 0 spiro atoms. The first-order chi connectivity index (χ1) is 11.5. The van der Waals surface area contributed by atoms with Crippen molar-refractivity contribution in [3.05, 3.63) is 17.7 Å². The fourth-order valence-corrected chi connectivity index (χ4v) is 2.95. The second kappa shape index (κ2) is 6.28. The molecular formula is C16H19N5O3. The minimum Gasteiger partial charge on any atom is -0.489 e. The second-order valence-electron chi connectivity index (χ2n) is 6.04. The van der Waals surface area contributed by atoms with E-state index in [0.717, 1.165) is 5.69 Å². The quantitative estimate of drug-likeness (QED) is 0.650. The molecule has 1 aromatic rings. The Morgan fingerprint density at radius 3 is 2.96 bits per heavy atom. The van der Waals surface area contributed by atoms with Crippen molar-refractivity contribution in [1.29, 1.82) is 5.26 Å².